The Morgan fingerprint density at radius 2 is 1.63 bits per heavy atom. The Kier molecular flexibility index (Phi) is 2.52. The van der Waals surface area contributed by atoms with Crippen molar-refractivity contribution in [2.75, 3.05) is 0 Å². The third-order valence-electron chi connectivity index (χ3n) is 4.83. The Morgan fingerprint density at radius 3 is 2.16 bits per heavy atom. The quantitative estimate of drug-likeness (QED) is 0.552. The van der Waals surface area contributed by atoms with Crippen LogP contribution in [0.15, 0.2) is 36.4 Å². The summed E-state index contributed by atoms with van der Waals surface area (Å²) < 4.78 is 0. The summed E-state index contributed by atoms with van der Waals surface area (Å²) in [5.41, 5.74) is 1.68. The van der Waals surface area contributed by atoms with Gasteiger partial charge in [0.15, 0.2) is 5.60 Å². The van der Waals surface area contributed by atoms with Gasteiger partial charge in [-0.1, -0.05) is 52.0 Å². The molecule has 0 radical (unpaired) electrons. The third kappa shape index (κ3) is 1.63. The number of benzene rings is 1. The van der Waals surface area contributed by atoms with Crippen molar-refractivity contribution in [1.29, 1.82) is 0 Å². The fourth-order valence-electron chi connectivity index (χ4n) is 3.11. The maximum Gasteiger partial charge on any atom is 0.150 e. The predicted molar refractivity (Wildman–Crippen MR) is 75.4 cm³/mol. The zero-order valence-corrected chi connectivity index (χ0v) is 12.4. The molecule has 0 spiro atoms. The molecule has 0 saturated carbocycles. The highest BCUT2D eigenvalue weighted by Gasteiger charge is 2.54. The molecule has 1 aromatic carbocycles. The fourth-order valence-corrected chi connectivity index (χ4v) is 3.11. The Balaban J connectivity index is 2.21. The molecule has 0 aromatic heterocycles. The minimum absolute atomic E-state index is 0.131. The molecule has 2 nitrogen and oxygen atoms in total. The molecule has 1 aromatic rings. The monoisotopic (exact) mass is 258 g/mol. The maximum absolute atomic E-state index is 5.90. The highest BCUT2D eigenvalue weighted by molar-refractivity contribution is 5.47. The zero-order valence-electron chi connectivity index (χ0n) is 12.4. The van der Waals surface area contributed by atoms with E-state index in [2.05, 4.69) is 64.1 Å². The van der Waals surface area contributed by atoms with Crippen molar-refractivity contribution in [1.82, 2.24) is 0 Å². The van der Waals surface area contributed by atoms with Crippen LogP contribution < -0.4 is 0 Å². The summed E-state index contributed by atoms with van der Waals surface area (Å²) in [4.78, 5) is 11.6. The summed E-state index contributed by atoms with van der Waals surface area (Å²) in [5, 5.41) is 0. The Bertz CT molecular complexity index is 540. The van der Waals surface area contributed by atoms with Crippen LogP contribution in [-0.2, 0) is 21.0 Å². The number of hydrogen-bond acceptors (Lipinski definition) is 2. The van der Waals surface area contributed by atoms with E-state index in [4.69, 9.17) is 9.78 Å². The van der Waals surface area contributed by atoms with E-state index in [1.807, 2.05) is 6.92 Å². The van der Waals surface area contributed by atoms with E-state index in [9.17, 15) is 0 Å². The lowest BCUT2D eigenvalue weighted by Crippen LogP contribution is -2.51. The van der Waals surface area contributed by atoms with Crippen molar-refractivity contribution in [2.24, 2.45) is 11.3 Å². The second-order valence-electron chi connectivity index (χ2n) is 7.03. The average Bonchev–Trinajstić information content (AvgIpc) is 2.38. The van der Waals surface area contributed by atoms with Gasteiger partial charge in [-0.25, -0.2) is 9.78 Å². The lowest BCUT2D eigenvalue weighted by molar-refractivity contribution is -0.431. The Labute approximate surface area is 115 Å². The molecule has 0 N–H and O–H groups in total. The fraction of sp³-hybridized carbons (Fsp3) is 0.529. The minimum Gasteiger partial charge on any atom is -0.220 e. The summed E-state index contributed by atoms with van der Waals surface area (Å²) in [6.07, 6.45) is 4.33. The number of fused-ring (bicyclic) bond motifs is 1. The first-order valence-electron chi connectivity index (χ1n) is 6.97. The van der Waals surface area contributed by atoms with E-state index in [0.29, 0.717) is 5.92 Å². The number of hydrogen-bond donors (Lipinski definition) is 0. The molecular formula is C17H22O2. The van der Waals surface area contributed by atoms with Crippen LogP contribution in [0.1, 0.15) is 45.7 Å². The minimum atomic E-state index is -0.466. The topological polar surface area (TPSA) is 18.5 Å². The molecule has 2 aliphatic heterocycles. The lowest BCUT2D eigenvalue weighted by Gasteiger charge is -2.52. The first-order chi connectivity index (χ1) is 8.80. The normalized spacial score (nSPS) is 34.2. The number of rotatable bonds is 1. The zero-order chi connectivity index (χ0) is 13.9. The van der Waals surface area contributed by atoms with Crippen molar-refractivity contribution < 1.29 is 9.78 Å². The van der Waals surface area contributed by atoms with E-state index in [1.165, 1.54) is 11.1 Å². The largest absolute Gasteiger partial charge is 0.220 e. The molecule has 0 saturated heterocycles. The molecule has 102 valence electrons. The molecular weight excluding hydrogens is 236 g/mol. The Hall–Kier alpha value is -1.12. The van der Waals surface area contributed by atoms with Crippen LogP contribution in [0.5, 0.6) is 0 Å². The molecule has 0 fully saturated rings. The molecule has 3 aliphatic rings. The van der Waals surface area contributed by atoms with Crippen LogP contribution in [0.3, 0.4) is 0 Å². The van der Waals surface area contributed by atoms with Gasteiger partial charge >= 0.3 is 0 Å². The van der Waals surface area contributed by atoms with Crippen LogP contribution in [0.4, 0.5) is 0 Å². The first kappa shape index (κ1) is 12.9. The maximum atomic E-state index is 5.90. The van der Waals surface area contributed by atoms with Crippen LogP contribution in [0, 0.1) is 11.3 Å². The summed E-state index contributed by atoms with van der Waals surface area (Å²) >= 11 is 0. The molecule has 1 aliphatic carbocycles. The molecule has 2 heteroatoms. The van der Waals surface area contributed by atoms with E-state index >= 15 is 0 Å². The van der Waals surface area contributed by atoms with E-state index in [-0.39, 0.29) is 5.41 Å². The summed E-state index contributed by atoms with van der Waals surface area (Å²) in [6, 6.07) is 8.46. The van der Waals surface area contributed by atoms with Gasteiger partial charge in [-0.05, 0) is 35.6 Å². The van der Waals surface area contributed by atoms with E-state index < -0.39 is 11.2 Å². The van der Waals surface area contributed by atoms with Gasteiger partial charge in [-0.2, -0.15) is 0 Å². The van der Waals surface area contributed by atoms with Gasteiger partial charge in [-0.3, -0.25) is 0 Å². The highest BCUT2D eigenvalue weighted by Crippen LogP contribution is 2.55. The van der Waals surface area contributed by atoms with Gasteiger partial charge in [0.05, 0.1) is 0 Å². The third-order valence-corrected chi connectivity index (χ3v) is 4.83. The summed E-state index contributed by atoms with van der Waals surface area (Å²) in [6.45, 7) is 11.0. The van der Waals surface area contributed by atoms with Gasteiger partial charge in [0.2, 0.25) is 0 Å². The Morgan fingerprint density at radius 1 is 1.00 bits per heavy atom. The second kappa shape index (κ2) is 3.71. The smallest absolute Gasteiger partial charge is 0.150 e. The highest BCUT2D eigenvalue weighted by atomic mass is 17.2. The van der Waals surface area contributed by atoms with Crippen LogP contribution in [-0.4, -0.2) is 0 Å². The predicted octanol–water partition coefficient (Wildman–Crippen LogP) is 4.31. The molecule has 0 amide bonds. The van der Waals surface area contributed by atoms with Gasteiger partial charge in [0, 0.05) is 5.92 Å². The second-order valence-corrected chi connectivity index (χ2v) is 7.03. The first-order valence-corrected chi connectivity index (χ1v) is 6.97. The van der Waals surface area contributed by atoms with Crippen LogP contribution in [0.25, 0.3) is 0 Å². The van der Waals surface area contributed by atoms with Gasteiger partial charge in [-0.15, -0.1) is 0 Å². The van der Waals surface area contributed by atoms with Crippen molar-refractivity contribution >= 4 is 0 Å². The van der Waals surface area contributed by atoms with Gasteiger partial charge < -0.3 is 0 Å². The summed E-state index contributed by atoms with van der Waals surface area (Å²) in [5.74, 6) is 0.308. The van der Waals surface area contributed by atoms with Gasteiger partial charge in [0.1, 0.15) is 5.60 Å². The van der Waals surface area contributed by atoms with Crippen molar-refractivity contribution in [3.8, 4) is 0 Å². The molecule has 2 bridgehead atoms. The van der Waals surface area contributed by atoms with Crippen molar-refractivity contribution in [3.63, 3.8) is 0 Å². The standard InChI is InChI=1S/C17H22O2/c1-12(15(2,3)4)17-11-10-16(5,18-19-17)13-8-6-7-9-14(13)17/h6-12H,1-5H3/t12-,16+,17+/m0/s1. The summed E-state index contributed by atoms with van der Waals surface area (Å²) in [7, 11) is 0. The lowest BCUT2D eigenvalue weighted by atomic mass is 9.64. The molecule has 4 rings (SSSR count). The molecule has 0 unspecified atom stereocenters. The van der Waals surface area contributed by atoms with E-state index in [1.54, 1.807) is 0 Å². The molecule has 2 heterocycles. The molecule has 19 heavy (non-hydrogen) atoms. The molecule has 3 atom stereocenters. The van der Waals surface area contributed by atoms with Crippen LogP contribution >= 0.6 is 0 Å². The van der Waals surface area contributed by atoms with Crippen LogP contribution in [0.2, 0.25) is 0 Å². The van der Waals surface area contributed by atoms with Crippen molar-refractivity contribution in [3.05, 3.63) is 47.5 Å². The van der Waals surface area contributed by atoms with E-state index in [0.717, 1.165) is 0 Å². The van der Waals surface area contributed by atoms with Crippen molar-refractivity contribution in [2.45, 2.75) is 45.8 Å². The SMILES string of the molecule is C[C@@H](C(C)(C)C)[C@@]12C=C[C@@](C)(OO1)c1ccccc12. The van der Waals surface area contributed by atoms with Gasteiger partial charge in [0.25, 0.3) is 0 Å². The average molecular weight is 258 g/mol.